The molecule has 6 heteroatoms. The topological polar surface area (TPSA) is 46.9 Å². The number of carbonyl (C=O) groups is 1. The van der Waals surface area contributed by atoms with Gasteiger partial charge in [-0.15, -0.1) is 0 Å². The minimum Gasteiger partial charge on any atom is -0.319 e. The minimum absolute atomic E-state index is 0.191. The van der Waals surface area contributed by atoms with Crippen LogP contribution in [0.2, 0.25) is 5.02 Å². The van der Waals surface area contributed by atoms with Crippen LogP contribution in [0.4, 0.5) is 5.69 Å². The van der Waals surface area contributed by atoms with Crippen LogP contribution in [0, 0.1) is 3.57 Å². The third-order valence-electron chi connectivity index (χ3n) is 2.40. The number of amides is 1. The first-order chi connectivity index (χ1) is 8.60. The Bertz CT molecular complexity index is 582. The minimum atomic E-state index is -0.191. The number of rotatable bonds is 3. The average Bonchev–Trinajstić information content (AvgIpc) is 2.80. The summed E-state index contributed by atoms with van der Waals surface area (Å²) < 4.78 is 2.67. The molecule has 0 spiro atoms. The molecule has 1 N–H and O–H groups in total. The van der Waals surface area contributed by atoms with Crippen LogP contribution >= 0.6 is 34.2 Å². The van der Waals surface area contributed by atoms with Crippen LogP contribution in [0.5, 0.6) is 0 Å². The van der Waals surface area contributed by atoms with Gasteiger partial charge in [-0.3, -0.25) is 9.48 Å². The second-order valence-electron chi connectivity index (χ2n) is 3.67. The molecule has 0 unspecified atom stereocenters. The van der Waals surface area contributed by atoms with E-state index in [9.17, 15) is 4.79 Å². The Hall–Kier alpha value is -1.08. The zero-order valence-corrected chi connectivity index (χ0v) is 12.6. The first-order valence-corrected chi connectivity index (χ1v) is 6.84. The Labute approximate surface area is 123 Å². The molecule has 0 atom stereocenters. The molecule has 0 bridgehead atoms. The molecule has 2 aromatic rings. The normalized spacial score (nSPS) is 10.4. The molecule has 4 nitrogen and oxygen atoms in total. The second kappa shape index (κ2) is 5.71. The molecule has 18 heavy (non-hydrogen) atoms. The monoisotopic (exact) mass is 375 g/mol. The van der Waals surface area contributed by atoms with Crippen molar-refractivity contribution in [3.8, 4) is 0 Å². The SMILES string of the molecule is CCn1cc(NC(=O)c2ccc(I)c(Cl)c2)cn1. The van der Waals surface area contributed by atoms with Crippen molar-refractivity contribution in [2.45, 2.75) is 13.5 Å². The Kier molecular flexibility index (Phi) is 4.23. The van der Waals surface area contributed by atoms with Gasteiger partial charge in [-0.1, -0.05) is 11.6 Å². The van der Waals surface area contributed by atoms with Gasteiger partial charge in [-0.25, -0.2) is 0 Å². The third-order valence-corrected chi connectivity index (χ3v) is 3.97. The van der Waals surface area contributed by atoms with Gasteiger partial charge in [0.05, 0.1) is 16.9 Å². The lowest BCUT2D eigenvalue weighted by Crippen LogP contribution is -2.11. The van der Waals surface area contributed by atoms with Gasteiger partial charge in [0.25, 0.3) is 5.91 Å². The molecule has 1 amide bonds. The summed E-state index contributed by atoms with van der Waals surface area (Å²) in [6.45, 7) is 2.75. The summed E-state index contributed by atoms with van der Waals surface area (Å²) in [5.74, 6) is -0.191. The molecule has 1 aromatic heterocycles. The van der Waals surface area contributed by atoms with Crippen molar-refractivity contribution in [3.05, 3.63) is 44.7 Å². The Morgan fingerprint density at radius 1 is 1.56 bits per heavy atom. The molecule has 1 aromatic carbocycles. The number of hydrogen-bond acceptors (Lipinski definition) is 2. The van der Waals surface area contributed by atoms with E-state index in [1.54, 1.807) is 29.2 Å². The molecular weight excluding hydrogens is 365 g/mol. The van der Waals surface area contributed by atoms with E-state index in [0.29, 0.717) is 16.3 Å². The quantitative estimate of drug-likeness (QED) is 0.836. The number of nitrogens with one attached hydrogen (secondary N) is 1. The lowest BCUT2D eigenvalue weighted by atomic mass is 10.2. The summed E-state index contributed by atoms with van der Waals surface area (Å²) >= 11 is 8.10. The van der Waals surface area contributed by atoms with Gasteiger partial charge >= 0.3 is 0 Å². The van der Waals surface area contributed by atoms with Crippen LogP contribution in [0.1, 0.15) is 17.3 Å². The third kappa shape index (κ3) is 3.02. The molecule has 2 rings (SSSR count). The van der Waals surface area contributed by atoms with E-state index in [2.05, 4.69) is 33.0 Å². The van der Waals surface area contributed by atoms with Gasteiger partial charge < -0.3 is 5.32 Å². The predicted octanol–water partition coefficient (Wildman–Crippen LogP) is 3.41. The Morgan fingerprint density at radius 2 is 2.33 bits per heavy atom. The maximum absolute atomic E-state index is 12.0. The fourth-order valence-corrected chi connectivity index (χ4v) is 1.96. The average molecular weight is 376 g/mol. The molecule has 94 valence electrons. The van der Waals surface area contributed by atoms with Crippen LogP contribution in [0.25, 0.3) is 0 Å². The molecule has 0 aliphatic carbocycles. The van der Waals surface area contributed by atoms with Crippen LogP contribution in [-0.4, -0.2) is 15.7 Å². The number of carbonyl (C=O) groups excluding carboxylic acids is 1. The smallest absolute Gasteiger partial charge is 0.255 e. The first kappa shape index (κ1) is 13.4. The summed E-state index contributed by atoms with van der Waals surface area (Å²) in [7, 11) is 0. The molecule has 0 aliphatic heterocycles. The maximum Gasteiger partial charge on any atom is 0.255 e. The van der Waals surface area contributed by atoms with E-state index in [1.165, 1.54) is 0 Å². The highest BCUT2D eigenvalue weighted by molar-refractivity contribution is 14.1. The van der Waals surface area contributed by atoms with Gasteiger partial charge in [0, 0.05) is 21.9 Å². The van der Waals surface area contributed by atoms with E-state index in [4.69, 9.17) is 11.6 Å². The summed E-state index contributed by atoms with van der Waals surface area (Å²) in [5, 5.41) is 7.44. The highest BCUT2D eigenvalue weighted by atomic mass is 127. The second-order valence-corrected chi connectivity index (χ2v) is 5.24. The highest BCUT2D eigenvalue weighted by Crippen LogP contribution is 2.20. The highest BCUT2D eigenvalue weighted by Gasteiger charge is 2.09. The van der Waals surface area contributed by atoms with Crippen molar-refractivity contribution in [1.29, 1.82) is 0 Å². The lowest BCUT2D eigenvalue weighted by Gasteiger charge is -2.03. The van der Waals surface area contributed by atoms with Crippen molar-refractivity contribution >= 4 is 45.8 Å². The van der Waals surface area contributed by atoms with Gasteiger partial charge in [-0.05, 0) is 47.7 Å². The molecule has 0 saturated heterocycles. The number of benzene rings is 1. The summed E-state index contributed by atoms with van der Waals surface area (Å²) in [5.41, 5.74) is 1.21. The lowest BCUT2D eigenvalue weighted by molar-refractivity contribution is 0.102. The van der Waals surface area contributed by atoms with Crippen LogP contribution in [0.15, 0.2) is 30.6 Å². The van der Waals surface area contributed by atoms with E-state index < -0.39 is 0 Å². The summed E-state index contributed by atoms with van der Waals surface area (Å²) in [6, 6.07) is 5.21. The van der Waals surface area contributed by atoms with Crippen LogP contribution < -0.4 is 5.32 Å². The summed E-state index contributed by atoms with van der Waals surface area (Å²) in [6.07, 6.45) is 3.40. The zero-order chi connectivity index (χ0) is 13.1. The summed E-state index contributed by atoms with van der Waals surface area (Å²) in [4.78, 5) is 12.0. The predicted molar refractivity (Wildman–Crippen MR) is 80.0 cm³/mol. The molecule has 0 radical (unpaired) electrons. The molecular formula is C12H11ClIN3O. The van der Waals surface area contributed by atoms with Crippen molar-refractivity contribution in [3.63, 3.8) is 0 Å². The van der Waals surface area contributed by atoms with E-state index in [0.717, 1.165) is 10.1 Å². The number of aromatic nitrogens is 2. The Balaban J connectivity index is 2.14. The Morgan fingerprint density at radius 3 is 2.94 bits per heavy atom. The fraction of sp³-hybridized carbons (Fsp3) is 0.167. The van der Waals surface area contributed by atoms with E-state index in [1.807, 2.05) is 13.0 Å². The van der Waals surface area contributed by atoms with Crippen molar-refractivity contribution < 1.29 is 4.79 Å². The van der Waals surface area contributed by atoms with E-state index in [-0.39, 0.29) is 5.91 Å². The molecule has 0 fully saturated rings. The number of aryl methyl sites for hydroxylation is 1. The van der Waals surface area contributed by atoms with Gasteiger partial charge in [-0.2, -0.15) is 5.10 Å². The van der Waals surface area contributed by atoms with Crippen LogP contribution in [-0.2, 0) is 6.54 Å². The van der Waals surface area contributed by atoms with E-state index >= 15 is 0 Å². The van der Waals surface area contributed by atoms with Crippen molar-refractivity contribution in [2.75, 3.05) is 5.32 Å². The fourth-order valence-electron chi connectivity index (χ4n) is 1.44. The van der Waals surface area contributed by atoms with Gasteiger partial charge in [0.15, 0.2) is 0 Å². The standard InChI is InChI=1S/C12H11ClIN3O/c1-2-17-7-9(6-15-17)16-12(18)8-3-4-11(14)10(13)5-8/h3-7H,2H2,1H3,(H,16,18). The van der Waals surface area contributed by atoms with Crippen molar-refractivity contribution in [2.24, 2.45) is 0 Å². The number of anilines is 1. The maximum atomic E-state index is 12.0. The number of nitrogens with zero attached hydrogens (tertiary/aromatic N) is 2. The van der Waals surface area contributed by atoms with Crippen molar-refractivity contribution in [1.82, 2.24) is 9.78 Å². The molecule has 1 heterocycles. The largest absolute Gasteiger partial charge is 0.319 e. The first-order valence-electron chi connectivity index (χ1n) is 5.39. The number of hydrogen-bond donors (Lipinski definition) is 1. The van der Waals surface area contributed by atoms with Gasteiger partial charge in [0.2, 0.25) is 0 Å². The van der Waals surface area contributed by atoms with Crippen LogP contribution in [0.3, 0.4) is 0 Å². The van der Waals surface area contributed by atoms with Gasteiger partial charge in [0.1, 0.15) is 0 Å². The molecule has 0 aliphatic rings. The number of halogens is 2. The zero-order valence-electron chi connectivity index (χ0n) is 9.65. The molecule has 0 saturated carbocycles.